The molecule has 0 atom stereocenters. The molecule has 7 nitrogen and oxygen atoms in total. The van der Waals surface area contributed by atoms with Crippen molar-refractivity contribution in [2.75, 3.05) is 26.2 Å². The van der Waals surface area contributed by atoms with E-state index in [0.29, 0.717) is 36.9 Å². The number of carbonyl (C=O) groups excluding carboxylic acids is 2. The predicted molar refractivity (Wildman–Crippen MR) is 97.4 cm³/mol. The van der Waals surface area contributed by atoms with Crippen LogP contribution in [-0.4, -0.2) is 52.7 Å². The van der Waals surface area contributed by atoms with Gasteiger partial charge in [0.15, 0.2) is 5.69 Å². The summed E-state index contributed by atoms with van der Waals surface area (Å²) in [6, 6.07) is 3.67. The predicted octanol–water partition coefficient (Wildman–Crippen LogP) is 1.68. The van der Waals surface area contributed by atoms with Crippen LogP contribution in [-0.2, 0) is 24.3 Å². The van der Waals surface area contributed by atoms with Gasteiger partial charge >= 0.3 is 0 Å². The van der Waals surface area contributed by atoms with Gasteiger partial charge in [-0.25, -0.2) is 0 Å². The van der Waals surface area contributed by atoms with Gasteiger partial charge < -0.3 is 15.0 Å². The van der Waals surface area contributed by atoms with Crippen molar-refractivity contribution < 1.29 is 14.3 Å². The Labute approximate surface area is 155 Å². The molecule has 0 radical (unpaired) electrons. The zero-order valence-electron chi connectivity index (χ0n) is 14.6. The molecule has 2 aliphatic rings. The number of rotatable bonds is 5. The van der Waals surface area contributed by atoms with Gasteiger partial charge in [-0.05, 0) is 24.3 Å². The number of hydrogen-bond acceptors (Lipinski definition) is 5. The molecule has 0 bridgehead atoms. The van der Waals surface area contributed by atoms with Gasteiger partial charge in [-0.15, -0.1) is 11.3 Å². The van der Waals surface area contributed by atoms with Crippen molar-refractivity contribution in [2.45, 2.75) is 32.4 Å². The standard InChI is InChI=1S/C18H22N4O3S/c23-17(15-4-3-11-26-15)19-6-9-22-14-5-10-25-12-13(14)16(20-22)18(24)21-7-1-2-8-21/h3-4,11H,1-2,5-10,12H2,(H,19,23). The first-order valence-corrected chi connectivity index (χ1v) is 9.89. The monoisotopic (exact) mass is 374 g/mol. The van der Waals surface area contributed by atoms with E-state index in [1.807, 2.05) is 21.0 Å². The third-order valence-corrected chi connectivity index (χ3v) is 5.71. The Hall–Kier alpha value is -2.19. The number of hydrogen-bond donors (Lipinski definition) is 1. The van der Waals surface area contributed by atoms with Crippen LogP contribution in [0.5, 0.6) is 0 Å². The number of fused-ring (bicyclic) bond motifs is 1. The maximum Gasteiger partial charge on any atom is 0.274 e. The Balaban J connectivity index is 1.47. The van der Waals surface area contributed by atoms with Crippen LogP contribution >= 0.6 is 11.3 Å². The van der Waals surface area contributed by atoms with Gasteiger partial charge in [0, 0.05) is 37.3 Å². The second kappa shape index (κ2) is 7.59. The molecule has 26 heavy (non-hydrogen) atoms. The molecule has 0 aromatic carbocycles. The second-order valence-corrected chi connectivity index (χ2v) is 7.48. The molecular weight excluding hydrogens is 352 g/mol. The lowest BCUT2D eigenvalue weighted by molar-refractivity contribution is 0.0772. The fraction of sp³-hybridized carbons (Fsp3) is 0.500. The van der Waals surface area contributed by atoms with Gasteiger partial charge in [-0.1, -0.05) is 6.07 Å². The zero-order valence-corrected chi connectivity index (χ0v) is 15.4. The Kier molecular flexibility index (Phi) is 5.03. The van der Waals surface area contributed by atoms with Gasteiger partial charge in [0.2, 0.25) is 0 Å². The maximum absolute atomic E-state index is 12.8. The summed E-state index contributed by atoms with van der Waals surface area (Å²) in [6.07, 6.45) is 2.86. The first-order chi connectivity index (χ1) is 12.7. The lowest BCUT2D eigenvalue weighted by Gasteiger charge is -2.17. The normalized spacial score (nSPS) is 16.5. The van der Waals surface area contributed by atoms with Crippen molar-refractivity contribution >= 4 is 23.2 Å². The average Bonchev–Trinajstić information content (AvgIpc) is 3.41. The number of likely N-dealkylation sites (tertiary alicyclic amines) is 1. The minimum atomic E-state index is -0.0716. The number of nitrogens with zero attached hydrogens (tertiary/aromatic N) is 3. The largest absolute Gasteiger partial charge is 0.376 e. The van der Waals surface area contributed by atoms with Gasteiger partial charge in [0.1, 0.15) is 0 Å². The molecule has 2 aromatic heterocycles. The first kappa shape index (κ1) is 17.2. The summed E-state index contributed by atoms with van der Waals surface area (Å²) in [5.74, 6) is -0.0663. The third kappa shape index (κ3) is 3.39. The Morgan fingerprint density at radius 2 is 2.15 bits per heavy atom. The van der Waals surface area contributed by atoms with E-state index in [1.54, 1.807) is 6.07 Å². The minimum Gasteiger partial charge on any atom is -0.376 e. The molecule has 1 fully saturated rings. The fourth-order valence-corrected chi connectivity index (χ4v) is 4.15. The molecule has 0 saturated carbocycles. The number of ether oxygens (including phenoxy) is 1. The molecule has 0 aliphatic carbocycles. The van der Waals surface area contributed by atoms with Crippen LogP contribution < -0.4 is 5.32 Å². The molecule has 1 N–H and O–H groups in total. The molecule has 2 aliphatic heterocycles. The summed E-state index contributed by atoms with van der Waals surface area (Å²) < 4.78 is 7.43. The highest BCUT2D eigenvalue weighted by Gasteiger charge is 2.29. The van der Waals surface area contributed by atoms with Gasteiger partial charge in [0.25, 0.3) is 11.8 Å². The van der Waals surface area contributed by atoms with E-state index in [9.17, 15) is 9.59 Å². The Bertz CT molecular complexity index is 794. The van der Waals surface area contributed by atoms with Crippen LogP contribution in [0.4, 0.5) is 0 Å². The van der Waals surface area contributed by atoms with Crippen LogP contribution in [0.1, 0.15) is 44.3 Å². The van der Waals surface area contributed by atoms with Gasteiger partial charge in [-0.3, -0.25) is 14.3 Å². The van der Waals surface area contributed by atoms with Crippen molar-refractivity contribution in [1.82, 2.24) is 20.0 Å². The minimum absolute atomic E-state index is 0.00520. The summed E-state index contributed by atoms with van der Waals surface area (Å²) in [7, 11) is 0. The van der Waals surface area contributed by atoms with E-state index < -0.39 is 0 Å². The van der Waals surface area contributed by atoms with Crippen molar-refractivity contribution in [3.8, 4) is 0 Å². The van der Waals surface area contributed by atoms with Crippen LogP contribution in [0.3, 0.4) is 0 Å². The van der Waals surface area contributed by atoms with E-state index in [4.69, 9.17) is 4.74 Å². The highest BCUT2D eigenvalue weighted by Crippen LogP contribution is 2.23. The summed E-state index contributed by atoms with van der Waals surface area (Å²) >= 11 is 1.42. The number of amides is 2. The molecule has 0 spiro atoms. The van der Waals surface area contributed by atoms with E-state index in [0.717, 1.165) is 43.6 Å². The molecule has 8 heteroatoms. The molecule has 4 heterocycles. The number of carbonyl (C=O) groups is 2. The number of aromatic nitrogens is 2. The fourth-order valence-electron chi connectivity index (χ4n) is 3.51. The molecule has 0 unspecified atom stereocenters. The van der Waals surface area contributed by atoms with Crippen LogP contribution in [0.25, 0.3) is 0 Å². The smallest absolute Gasteiger partial charge is 0.274 e. The quantitative estimate of drug-likeness (QED) is 0.864. The van der Waals surface area contributed by atoms with Crippen molar-refractivity contribution in [3.63, 3.8) is 0 Å². The number of nitrogens with one attached hydrogen (secondary N) is 1. The maximum atomic E-state index is 12.8. The zero-order chi connectivity index (χ0) is 17.9. The lowest BCUT2D eigenvalue weighted by Crippen LogP contribution is -2.29. The van der Waals surface area contributed by atoms with Crippen molar-refractivity contribution in [3.05, 3.63) is 39.3 Å². The Morgan fingerprint density at radius 1 is 1.31 bits per heavy atom. The highest BCUT2D eigenvalue weighted by molar-refractivity contribution is 7.12. The molecule has 1 saturated heterocycles. The summed E-state index contributed by atoms with van der Waals surface area (Å²) in [5, 5.41) is 9.39. The average molecular weight is 374 g/mol. The first-order valence-electron chi connectivity index (χ1n) is 9.01. The van der Waals surface area contributed by atoms with E-state index in [1.165, 1.54) is 11.3 Å². The molecule has 138 valence electrons. The number of thiophene rings is 1. The SMILES string of the molecule is O=C(NCCn1nc(C(=O)N2CCCC2)c2c1CCOC2)c1cccs1. The molecule has 4 rings (SSSR count). The summed E-state index contributed by atoms with van der Waals surface area (Å²) in [5.41, 5.74) is 2.49. The van der Waals surface area contributed by atoms with Crippen LogP contribution in [0.2, 0.25) is 0 Å². The van der Waals surface area contributed by atoms with Crippen LogP contribution in [0.15, 0.2) is 17.5 Å². The van der Waals surface area contributed by atoms with Crippen LogP contribution in [0, 0.1) is 0 Å². The van der Waals surface area contributed by atoms with Crippen molar-refractivity contribution in [1.29, 1.82) is 0 Å². The van der Waals surface area contributed by atoms with E-state index in [-0.39, 0.29) is 11.8 Å². The summed E-state index contributed by atoms with van der Waals surface area (Å²) in [6.45, 7) is 3.70. The molecule has 2 amide bonds. The topological polar surface area (TPSA) is 76.5 Å². The van der Waals surface area contributed by atoms with Gasteiger partial charge in [0.05, 0.1) is 24.6 Å². The lowest BCUT2D eigenvalue weighted by atomic mass is 10.1. The third-order valence-electron chi connectivity index (χ3n) is 4.85. The second-order valence-electron chi connectivity index (χ2n) is 6.53. The summed E-state index contributed by atoms with van der Waals surface area (Å²) in [4.78, 5) is 27.4. The molecular formula is C18H22N4O3S. The van der Waals surface area contributed by atoms with E-state index in [2.05, 4.69) is 10.4 Å². The van der Waals surface area contributed by atoms with E-state index >= 15 is 0 Å². The van der Waals surface area contributed by atoms with Crippen molar-refractivity contribution in [2.24, 2.45) is 0 Å². The molecule has 2 aromatic rings. The Morgan fingerprint density at radius 3 is 2.92 bits per heavy atom. The highest BCUT2D eigenvalue weighted by atomic mass is 32.1. The van der Waals surface area contributed by atoms with Gasteiger partial charge in [-0.2, -0.15) is 5.10 Å².